The third-order valence-corrected chi connectivity index (χ3v) is 2.71. The maximum Gasteiger partial charge on any atom is 0.276 e. The van der Waals surface area contributed by atoms with Gasteiger partial charge in [-0.2, -0.15) is 5.10 Å². The van der Waals surface area contributed by atoms with E-state index < -0.39 is 0 Å². The number of hydrogen-bond donors (Lipinski definition) is 2. The van der Waals surface area contributed by atoms with Gasteiger partial charge < -0.3 is 10.1 Å². The van der Waals surface area contributed by atoms with Crippen LogP contribution < -0.4 is 15.6 Å². The van der Waals surface area contributed by atoms with Crippen molar-refractivity contribution in [1.29, 1.82) is 0 Å². The first-order valence-corrected chi connectivity index (χ1v) is 6.60. The van der Waals surface area contributed by atoms with E-state index in [9.17, 15) is 9.59 Å². The summed E-state index contributed by atoms with van der Waals surface area (Å²) in [6.45, 7) is 5.82. The first kappa shape index (κ1) is 14.8. The van der Waals surface area contributed by atoms with E-state index in [1.54, 1.807) is 6.07 Å². The Kier molecular flexibility index (Phi) is 4.37. The molecule has 0 saturated heterocycles. The molecule has 2 N–H and O–H groups in total. The molecule has 1 heterocycles. The molecule has 2 rings (SSSR count). The molecular formula is C15H17N3O3. The number of H-pyrrole nitrogens is 1. The molecule has 0 atom stereocenters. The Morgan fingerprint density at radius 1 is 1.29 bits per heavy atom. The molecule has 0 radical (unpaired) electrons. The topological polar surface area (TPSA) is 84.1 Å². The summed E-state index contributed by atoms with van der Waals surface area (Å²) in [5.41, 5.74) is 1.37. The number of hydrogen-bond acceptors (Lipinski definition) is 4. The van der Waals surface area contributed by atoms with Gasteiger partial charge in [-0.15, -0.1) is 0 Å². The average Bonchev–Trinajstić information content (AvgIpc) is 2.42. The summed E-state index contributed by atoms with van der Waals surface area (Å²) >= 11 is 0. The highest BCUT2D eigenvalue weighted by molar-refractivity contribution is 6.02. The van der Waals surface area contributed by atoms with E-state index >= 15 is 0 Å². The minimum atomic E-state index is -0.386. The Hall–Kier alpha value is -2.63. The van der Waals surface area contributed by atoms with E-state index in [1.165, 1.54) is 12.1 Å². The van der Waals surface area contributed by atoms with Gasteiger partial charge in [0.2, 0.25) is 0 Å². The van der Waals surface area contributed by atoms with Gasteiger partial charge in [-0.1, -0.05) is 0 Å². The lowest BCUT2D eigenvalue weighted by molar-refractivity contribution is 0.102. The molecule has 0 spiro atoms. The van der Waals surface area contributed by atoms with Crippen molar-refractivity contribution in [3.05, 3.63) is 51.9 Å². The predicted molar refractivity (Wildman–Crippen MR) is 79.8 cm³/mol. The number of aryl methyl sites for hydroxylation is 1. The van der Waals surface area contributed by atoms with Crippen molar-refractivity contribution in [3.63, 3.8) is 0 Å². The van der Waals surface area contributed by atoms with E-state index in [-0.39, 0.29) is 23.3 Å². The van der Waals surface area contributed by atoms with Gasteiger partial charge in [0.1, 0.15) is 11.4 Å². The van der Waals surface area contributed by atoms with Crippen molar-refractivity contribution in [3.8, 4) is 5.75 Å². The van der Waals surface area contributed by atoms with Gasteiger partial charge in [0.25, 0.3) is 11.5 Å². The van der Waals surface area contributed by atoms with Crippen molar-refractivity contribution in [2.24, 2.45) is 0 Å². The SMILES string of the molecule is Cc1cc(NC(=O)c2ccc(=O)[nH]n2)ccc1OC(C)C. The van der Waals surface area contributed by atoms with Gasteiger partial charge in [-0.3, -0.25) is 9.59 Å². The molecule has 0 aliphatic carbocycles. The van der Waals surface area contributed by atoms with Crippen molar-refractivity contribution in [1.82, 2.24) is 10.2 Å². The lowest BCUT2D eigenvalue weighted by atomic mass is 10.2. The normalized spacial score (nSPS) is 10.5. The number of carbonyl (C=O) groups excluding carboxylic acids is 1. The lowest BCUT2D eigenvalue weighted by Gasteiger charge is -2.13. The Morgan fingerprint density at radius 2 is 2.05 bits per heavy atom. The van der Waals surface area contributed by atoms with E-state index in [4.69, 9.17) is 4.74 Å². The summed E-state index contributed by atoms with van der Waals surface area (Å²) in [4.78, 5) is 22.9. The average molecular weight is 287 g/mol. The standard InChI is InChI=1S/C15H17N3O3/c1-9(2)21-13-6-4-11(8-10(13)3)16-15(20)12-5-7-14(19)18-17-12/h4-9H,1-3H3,(H,16,20)(H,18,19). The van der Waals surface area contributed by atoms with Crippen LogP contribution in [0.5, 0.6) is 5.75 Å². The van der Waals surface area contributed by atoms with Crippen molar-refractivity contribution in [2.75, 3.05) is 5.32 Å². The minimum Gasteiger partial charge on any atom is -0.491 e. The van der Waals surface area contributed by atoms with Crippen LogP contribution in [0.4, 0.5) is 5.69 Å². The molecule has 0 fully saturated rings. The van der Waals surface area contributed by atoms with Crippen molar-refractivity contribution in [2.45, 2.75) is 26.9 Å². The zero-order valence-corrected chi connectivity index (χ0v) is 12.1. The third-order valence-electron chi connectivity index (χ3n) is 2.71. The summed E-state index contributed by atoms with van der Waals surface area (Å²) in [6.07, 6.45) is 0.0921. The molecule has 0 bridgehead atoms. The van der Waals surface area contributed by atoms with Gasteiger partial charge in [0, 0.05) is 11.8 Å². The molecule has 2 aromatic rings. The molecule has 1 aromatic carbocycles. The first-order chi connectivity index (χ1) is 9.95. The highest BCUT2D eigenvalue weighted by Crippen LogP contribution is 2.23. The third kappa shape index (κ3) is 3.92. The quantitative estimate of drug-likeness (QED) is 0.902. The Balaban J connectivity index is 2.12. The van der Waals surface area contributed by atoms with E-state index in [2.05, 4.69) is 15.5 Å². The van der Waals surface area contributed by atoms with Crippen molar-refractivity contribution >= 4 is 11.6 Å². The van der Waals surface area contributed by atoms with E-state index in [0.717, 1.165) is 11.3 Å². The second kappa shape index (κ2) is 6.21. The second-order valence-electron chi connectivity index (χ2n) is 4.91. The summed E-state index contributed by atoms with van der Waals surface area (Å²) in [5.74, 6) is 0.397. The number of nitrogens with one attached hydrogen (secondary N) is 2. The van der Waals surface area contributed by atoms with Gasteiger partial charge in [0.15, 0.2) is 0 Å². The van der Waals surface area contributed by atoms with Gasteiger partial charge in [0.05, 0.1) is 6.10 Å². The molecule has 1 amide bonds. The number of ether oxygens (including phenoxy) is 1. The first-order valence-electron chi connectivity index (χ1n) is 6.60. The zero-order chi connectivity index (χ0) is 15.4. The van der Waals surface area contributed by atoms with Crippen LogP contribution in [-0.2, 0) is 0 Å². The van der Waals surface area contributed by atoms with Gasteiger partial charge in [-0.25, -0.2) is 5.10 Å². The molecule has 0 saturated carbocycles. The maximum absolute atomic E-state index is 12.0. The van der Waals surface area contributed by atoms with Crippen LogP contribution in [0.2, 0.25) is 0 Å². The van der Waals surface area contributed by atoms with Crippen molar-refractivity contribution < 1.29 is 9.53 Å². The molecule has 0 aliphatic rings. The van der Waals surface area contributed by atoms with E-state index in [0.29, 0.717) is 5.69 Å². The smallest absolute Gasteiger partial charge is 0.276 e. The molecule has 6 heteroatoms. The van der Waals surface area contributed by atoms with Gasteiger partial charge in [-0.05, 0) is 50.6 Å². The molecule has 0 unspecified atom stereocenters. The fourth-order valence-corrected chi connectivity index (χ4v) is 1.78. The molecule has 21 heavy (non-hydrogen) atoms. The monoisotopic (exact) mass is 287 g/mol. The number of amides is 1. The number of aromatic amines is 1. The number of aromatic nitrogens is 2. The number of nitrogens with zero attached hydrogens (tertiary/aromatic N) is 1. The van der Waals surface area contributed by atoms with Crippen LogP contribution in [-0.4, -0.2) is 22.2 Å². The fraction of sp³-hybridized carbons (Fsp3) is 0.267. The van der Waals surface area contributed by atoms with Crippen LogP contribution in [0.1, 0.15) is 29.9 Å². The zero-order valence-electron chi connectivity index (χ0n) is 12.1. The molecule has 6 nitrogen and oxygen atoms in total. The molecule has 1 aromatic heterocycles. The molecule has 0 aliphatic heterocycles. The van der Waals surface area contributed by atoms with Gasteiger partial charge >= 0.3 is 0 Å². The largest absolute Gasteiger partial charge is 0.491 e. The predicted octanol–water partition coefficient (Wildman–Crippen LogP) is 2.12. The number of benzene rings is 1. The second-order valence-corrected chi connectivity index (χ2v) is 4.91. The summed E-state index contributed by atoms with van der Waals surface area (Å²) < 4.78 is 5.64. The van der Waals surface area contributed by atoms with Crippen LogP contribution >= 0.6 is 0 Å². The Labute approximate surface area is 122 Å². The highest BCUT2D eigenvalue weighted by Gasteiger charge is 2.09. The van der Waals surface area contributed by atoms with Crippen LogP contribution in [0.25, 0.3) is 0 Å². The van der Waals surface area contributed by atoms with Crippen LogP contribution in [0, 0.1) is 6.92 Å². The highest BCUT2D eigenvalue weighted by atomic mass is 16.5. The number of carbonyl (C=O) groups is 1. The summed E-state index contributed by atoms with van der Waals surface area (Å²) in [5, 5.41) is 8.62. The van der Waals surface area contributed by atoms with Crippen LogP contribution in [0.3, 0.4) is 0 Å². The fourth-order valence-electron chi connectivity index (χ4n) is 1.78. The Morgan fingerprint density at radius 3 is 2.62 bits per heavy atom. The summed E-state index contributed by atoms with van der Waals surface area (Å²) in [6, 6.07) is 8.02. The van der Waals surface area contributed by atoms with Crippen LogP contribution in [0.15, 0.2) is 35.1 Å². The Bertz CT molecular complexity index is 687. The van der Waals surface area contributed by atoms with E-state index in [1.807, 2.05) is 32.9 Å². The minimum absolute atomic E-state index is 0.0921. The number of rotatable bonds is 4. The molecule has 110 valence electrons. The lowest BCUT2D eigenvalue weighted by Crippen LogP contribution is -2.17. The maximum atomic E-state index is 12.0. The number of anilines is 1. The molecular weight excluding hydrogens is 270 g/mol. The summed E-state index contributed by atoms with van der Waals surface area (Å²) in [7, 11) is 0.